The van der Waals surface area contributed by atoms with E-state index in [0.29, 0.717) is 6.54 Å². The number of aliphatic carboxylic acids is 1. The third kappa shape index (κ3) is 4.24. The maximum Gasteiger partial charge on any atom is 0.490 e. The van der Waals surface area contributed by atoms with Crippen LogP contribution in [-0.2, 0) is 23.3 Å². The minimum Gasteiger partial charge on any atom is -0.475 e. The molecular weight excluding hydrogens is 415 g/mol. The van der Waals surface area contributed by atoms with Crippen molar-refractivity contribution in [3.63, 3.8) is 0 Å². The Bertz CT molecular complexity index is 1040. The lowest BCUT2D eigenvalue weighted by Gasteiger charge is -2.21. The molecule has 1 saturated heterocycles. The number of carboxylic acids is 1. The van der Waals surface area contributed by atoms with Crippen LogP contribution in [0.2, 0.25) is 0 Å². The first-order valence-electron chi connectivity index (χ1n) is 8.68. The molecule has 1 spiro atoms. The molecule has 2 aromatic heterocycles. The Hall–Kier alpha value is -2.54. The van der Waals surface area contributed by atoms with Crippen molar-refractivity contribution in [3.8, 4) is 0 Å². The Morgan fingerprint density at radius 2 is 2.03 bits per heavy atom. The average Bonchev–Trinajstić information content (AvgIpc) is 3.35. The van der Waals surface area contributed by atoms with Crippen LogP contribution >= 0.6 is 11.3 Å². The summed E-state index contributed by atoms with van der Waals surface area (Å²) in [5.74, 6) is -2.00. The number of carbonyl (C=O) groups is 1. The normalized spacial score (nSPS) is 20.4. The highest BCUT2D eigenvalue weighted by Gasteiger charge is 2.44. The van der Waals surface area contributed by atoms with Crippen molar-refractivity contribution in [2.75, 3.05) is 13.1 Å². The molecule has 0 amide bonds. The van der Waals surface area contributed by atoms with E-state index in [1.807, 2.05) is 12.3 Å². The van der Waals surface area contributed by atoms with Crippen molar-refractivity contribution in [3.05, 3.63) is 42.6 Å². The van der Waals surface area contributed by atoms with Gasteiger partial charge in [-0.2, -0.15) is 18.3 Å². The second-order valence-corrected chi connectivity index (χ2v) is 7.92. The second-order valence-electron chi connectivity index (χ2n) is 6.86. The summed E-state index contributed by atoms with van der Waals surface area (Å²) in [6, 6.07) is 0. The van der Waals surface area contributed by atoms with Gasteiger partial charge < -0.3 is 10.4 Å². The number of aryl methyl sites for hydroxylation is 1. The number of hydrogen-bond donors (Lipinski definition) is 2. The molecule has 2 N–H and O–H groups in total. The van der Waals surface area contributed by atoms with Gasteiger partial charge in [0.1, 0.15) is 5.82 Å². The molecule has 1 atom stereocenters. The maximum atomic E-state index is 12.4. The van der Waals surface area contributed by atoms with Gasteiger partial charge in [0, 0.05) is 23.9 Å². The van der Waals surface area contributed by atoms with E-state index in [0.717, 1.165) is 42.5 Å². The molecule has 4 rings (SSSR count). The van der Waals surface area contributed by atoms with Crippen molar-refractivity contribution in [2.24, 2.45) is 0 Å². The summed E-state index contributed by atoms with van der Waals surface area (Å²) in [6.07, 6.45) is -3.24. The number of nitrogens with one attached hydrogen (secondary N) is 1. The summed E-state index contributed by atoms with van der Waals surface area (Å²) in [4.78, 5) is 37.9. The fourth-order valence-electron chi connectivity index (χ4n) is 3.46. The standard InChI is InChI=1S/C14H17N5O2S.C2HF3O2/c1-9-16-10(7-22-9)6-19-12(21)11(20)18-5-3-14(13(18)17-19)2-4-15-8-14;3-2(4,5)1(6)7/h7,15H,2-6,8H2,1H3;(H,6,7). The van der Waals surface area contributed by atoms with Gasteiger partial charge >= 0.3 is 23.3 Å². The van der Waals surface area contributed by atoms with E-state index in [4.69, 9.17) is 9.90 Å². The molecule has 13 heteroatoms. The Kier molecular flexibility index (Phi) is 5.63. The van der Waals surface area contributed by atoms with Crippen molar-refractivity contribution < 1.29 is 23.1 Å². The smallest absolute Gasteiger partial charge is 0.475 e. The summed E-state index contributed by atoms with van der Waals surface area (Å²) < 4.78 is 34.6. The molecule has 2 aliphatic heterocycles. The molecule has 9 nitrogen and oxygen atoms in total. The number of halogens is 3. The quantitative estimate of drug-likeness (QED) is 0.662. The third-order valence-corrected chi connectivity index (χ3v) is 5.71. The molecule has 29 heavy (non-hydrogen) atoms. The Morgan fingerprint density at radius 3 is 2.55 bits per heavy atom. The summed E-state index contributed by atoms with van der Waals surface area (Å²) >= 11 is 1.53. The zero-order valence-electron chi connectivity index (χ0n) is 15.3. The van der Waals surface area contributed by atoms with Crippen LogP contribution < -0.4 is 16.4 Å². The van der Waals surface area contributed by atoms with Crippen LogP contribution in [0.25, 0.3) is 0 Å². The van der Waals surface area contributed by atoms with Gasteiger partial charge in [0.25, 0.3) is 0 Å². The Morgan fingerprint density at radius 1 is 1.34 bits per heavy atom. The molecule has 1 fully saturated rings. The largest absolute Gasteiger partial charge is 0.490 e. The minimum absolute atomic E-state index is 0.0907. The van der Waals surface area contributed by atoms with Crippen LogP contribution in [0.15, 0.2) is 15.0 Å². The topological polar surface area (TPSA) is 119 Å². The highest BCUT2D eigenvalue weighted by Crippen LogP contribution is 2.37. The van der Waals surface area contributed by atoms with Gasteiger partial charge in [-0.1, -0.05) is 0 Å². The maximum absolute atomic E-state index is 12.4. The van der Waals surface area contributed by atoms with E-state index >= 15 is 0 Å². The molecule has 4 heterocycles. The van der Waals surface area contributed by atoms with Gasteiger partial charge in [0.2, 0.25) is 0 Å². The van der Waals surface area contributed by atoms with Gasteiger partial charge in [0.05, 0.1) is 17.2 Å². The van der Waals surface area contributed by atoms with E-state index in [-0.39, 0.29) is 12.0 Å². The van der Waals surface area contributed by atoms with Crippen molar-refractivity contribution in [1.82, 2.24) is 24.6 Å². The average molecular weight is 433 g/mol. The van der Waals surface area contributed by atoms with Crippen LogP contribution in [0.3, 0.4) is 0 Å². The van der Waals surface area contributed by atoms with E-state index < -0.39 is 23.3 Å². The van der Waals surface area contributed by atoms with Crippen molar-refractivity contribution in [2.45, 2.75) is 44.4 Å². The van der Waals surface area contributed by atoms with Crippen LogP contribution in [0, 0.1) is 6.92 Å². The number of hydrogen-bond acceptors (Lipinski definition) is 7. The first-order valence-corrected chi connectivity index (χ1v) is 9.56. The zero-order chi connectivity index (χ0) is 21.4. The van der Waals surface area contributed by atoms with Crippen LogP contribution in [-0.4, -0.2) is 49.7 Å². The molecule has 2 aliphatic rings. The lowest BCUT2D eigenvalue weighted by Crippen LogP contribution is -2.45. The van der Waals surface area contributed by atoms with Gasteiger partial charge in [0.15, 0.2) is 0 Å². The predicted octanol–water partition coefficient (Wildman–Crippen LogP) is 0.486. The van der Waals surface area contributed by atoms with E-state index in [9.17, 15) is 22.8 Å². The van der Waals surface area contributed by atoms with E-state index in [2.05, 4.69) is 15.4 Å². The van der Waals surface area contributed by atoms with Crippen molar-refractivity contribution in [1.29, 1.82) is 0 Å². The van der Waals surface area contributed by atoms with E-state index in [1.54, 1.807) is 4.57 Å². The summed E-state index contributed by atoms with van der Waals surface area (Å²) in [7, 11) is 0. The highest BCUT2D eigenvalue weighted by molar-refractivity contribution is 7.09. The van der Waals surface area contributed by atoms with Gasteiger partial charge in [-0.3, -0.25) is 14.2 Å². The number of carboxylic acid groups (broad SMARTS) is 1. The minimum atomic E-state index is -5.08. The molecule has 0 saturated carbocycles. The molecule has 0 aliphatic carbocycles. The number of nitrogens with zero attached hydrogens (tertiary/aromatic N) is 4. The number of fused-ring (bicyclic) bond motifs is 2. The molecule has 1 unspecified atom stereocenters. The van der Waals surface area contributed by atoms with Crippen molar-refractivity contribution >= 4 is 17.3 Å². The molecule has 0 radical (unpaired) electrons. The lowest BCUT2D eigenvalue weighted by atomic mass is 9.85. The molecule has 158 valence electrons. The van der Waals surface area contributed by atoms with Crippen LogP contribution in [0.5, 0.6) is 0 Å². The molecular formula is C16H18F3N5O4S. The fourth-order valence-corrected chi connectivity index (χ4v) is 4.07. The predicted molar refractivity (Wildman–Crippen MR) is 96.2 cm³/mol. The third-order valence-electron chi connectivity index (χ3n) is 4.89. The van der Waals surface area contributed by atoms with Crippen LogP contribution in [0.1, 0.15) is 29.4 Å². The Balaban J connectivity index is 0.000000298. The number of rotatable bonds is 2. The van der Waals surface area contributed by atoms with E-state index in [1.165, 1.54) is 16.0 Å². The number of alkyl halides is 3. The summed E-state index contributed by atoms with van der Waals surface area (Å²) in [5, 5.41) is 17.9. The SMILES string of the molecule is Cc1nc(Cn2nc3n(c(=O)c2=O)CCC32CCNC2)cs1.O=C(O)C(F)(F)F. The second kappa shape index (κ2) is 7.71. The summed E-state index contributed by atoms with van der Waals surface area (Å²) in [6.45, 7) is 4.53. The zero-order valence-corrected chi connectivity index (χ0v) is 16.1. The Labute approximate surface area is 165 Å². The first-order chi connectivity index (χ1) is 13.5. The van der Waals surface area contributed by atoms with Crippen LogP contribution in [0.4, 0.5) is 13.2 Å². The summed E-state index contributed by atoms with van der Waals surface area (Å²) in [5.41, 5.74) is -0.330. The van der Waals surface area contributed by atoms with Gasteiger partial charge in [-0.05, 0) is 26.3 Å². The number of thiazole rings is 1. The molecule has 0 bridgehead atoms. The molecule has 2 aromatic rings. The lowest BCUT2D eigenvalue weighted by molar-refractivity contribution is -0.192. The molecule has 0 aromatic carbocycles. The first kappa shape index (κ1) is 21.2. The van der Waals surface area contributed by atoms with Gasteiger partial charge in [-0.25, -0.2) is 14.5 Å². The highest BCUT2D eigenvalue weighted by atomic mass is 32.1. The monoisotopic (exact) mass is 433 g/mol. The van der Waals surface area contributed by atoms with Gasteiger partial charge in [-0.15, -0.1) is 11.3 Å². The number of aromatic nitrogens is 4. The fraction of sp³-hybridized carbons (Fsp3) is 0.562.